The summed E-state index contributed by atoms with van der Waals surface area (Å²) < 4.78 is 19.2. The summed E-state index contributed by atoms with van der Waals surface area (Å²) in [4.78, 5) is 0. The van der Waals surface area contributed by atoms with E-state index in [9.17, 15) is 9.65 Å². The van der Waals surface area contributed by atoms with Gasteiger partial charge in [-0.25, -0.2) is 4.39 Å². The Bertz CT molecular complexity index is 522. The number of aryl methyl sites for hydroxylation is 1. The third-order valence-electron chi connectivity index (χ3n) is 3.52. The molecule has 1 saturated carbocycles. The minimum absolute atomic E-state index is 0.159. The second kappa shape index (κ2) is 5.80. The zero-order valence-electron chi connectivity index (χ0n) is 12.2. The van der Waals surface area contributed by atoms with Crippen LogP contribution in [0, 0.1) is 24.1 Å². The van der Waals surface area contributed by atoms with E-state index in [1.165, 1.54) is 6.07 Å². The molecule has 1 aliphatic rings. The van der Waals surface area contributed by atoms with Gasteiger partial charge in [-0.2, -0.15) is 5.26 Å². The fourth-order valence-corrected chi connectivity index (χ4v) is 2.31. The predicted molar refractivity (Wildman–Crippen MR) is 76.0 cm³/mol. The van der Waals surface area contributed by atoms with Gasteiger partial charge >= 0.3 is 0 Å². The van der Waals surface area contributed by atoms with E-state index in [-0.39, 0.29) is 11.9 Å². The summed E-state index contributed by atoms with van der Waals surface area (Å²) in [6.45, 7) is 5.51. The zero-order chi connectivity index (χ0) is 14.8. The van der Waals surface area contributed by atoms with Gasteiger partial charge in [-0.15, -0.1) is 0 Å². The molecule has 0 bridgehead atoms. The summed E-state index contributed by atoms with van der Waals surface area (Å²) in [5.74, 6) is 0.237. The van der Waals surface area contributed by atoms with Crippen LogP contribution >= 0.6 is 0 Å². The lowest BCUT2D eigenvalue weighted by Crippen LogP contribution is -2.45. The second-order valence-electron chi connectivity index (χ2n) is 5.91. The Morgan fingerprint density at radius 2 is 2.25 bits per heavy atom. The normalized spacial score (nSPS) is 18.9. The van der Waals surface area contributed by atoms with Crippen molar-refractivity contribution in [1.29, 1.82) is 5.26 Å². The van der Waals surface area contributed by atoms with Crippen molar-refractivity contribution >= 4 is 0 Å². The number of hydrogen-bond acceptors (Lipinski definition) is 3. The minimum Gasteiger partial charge on any atom is -0.491 e. The number of rotatable bonds is 6. The highest BCUT2D eigenvalue weighted by Gasteiger charge is 2.34. The minimum atomic E-state index is -0.593. The van der Waals surface area contributed by atoms with Crippen molar-refractivity contribution in [1.82, 2.24) is 5.32 Å². The van der Waals surface area contributed by atoms with Crippen molar-refractivity contribution in [2.24, 2.45) is 0 Å². The van der Waals surface area contributed by atoms with E-state index >= 15 is 0 Å². The summed E-state index contributed by atoms with van der Waals surface area (Å²) in [5.41, 5.74) is 0.00589. The van der Waals surface area contributed by atoms with Gasteiger partial charge in [0.1, 0.15) is 17.1 Å². The van der Waals surface area contributed by atoms with Crippen LogP contribution in [0.1, 0.15) is 38.7 Å². The van der Waals surface area contributed by atoms with Gasteiger partial charge in [0, 0.05) is 18.5 Å². The maximum atomic E-state index is 13.5. The Morgan fingerprint density at radius 1 is 1.55 bits per heavy atom. The molecule has 1 aromatic rings. The summed E-state index contributed by atoms with van der Waals surface area (Å²) in [6.07, 6.45) is 2.67. The van der Waals surface area contributed by atoms with Gasteiger partial charge in [0.2, 0.25) is 0 Å². The SMILES string of the molecule is Cc1ccc(OC(C)CC(C)(C#N)NC2CC2)cc1F. The largest absolute Gasteiger partial charge is 0.491 e. The van der Waals surface area contributed by atoms with Gasteiger partial charge in [-0.1, -0.05) is 6.07 Å². The topological polar surface area (TPSA) is 45.0 Å². The molecule has 4 heteroatoms. The highest BCUT2D eigenvalue weighted by molar-refractivity contribution is 5.28. The van der Waals surface area contributed by atoms with Gasteiger partial charge in [0.25, 0.3) is 0 Å². The Labute approximate surface area is 119 Å². The van der Waals surface area contributed by atoms with Crippen LogP contribution in [0.2, 0.25) is 0 Å². The highest BCUT2D eigenvalue weighted by atomic mass is 19.1. The van der Waals surface area contributed by atoms with E-state index < -0.39 is 5.54 Å². The molecule has 0 spiro atoms. The van der Waals surface area contributed by atoms with E-state index in [0.29, 0.717) is 23.8 Å². The molecule has 1 aliphatic carbocycles. The number of nitrogens with one attached hydrogen (secondary N) is 1. The van der Waals surface area contributed by atoms with Crippen LogP contribution in [0.3, 0.4) is 0 Å². The van der Waals surface area contributed by atoms with Crippen LogP contribution in [0.25, 0.3) is 0 Å². The van der Waals surface area contributed by atoms with Crippen molar-refractivity contribution in [3.8, 4) is 11.8 Å². The molecule has 2 unspecified atom stereocenters. The quantitative estimate of drug-likeness (QED) is 0.867. The first-order valence-corrected chi connectivity index (χ1v) is 7.03. The number of nitrogens with zero attached hydrogens (tertiary/aromatic N) is 1. The van der Waals surface area contributed by atoms with E-state index in [0.717, 1.165) is 12.8 Å². The first kappa shape index (κ1) is 14.8. The molecule has 108 valence electrons. The summed E-state index contributed by atoms with van der Waals surface area (Å²) in [6, 6.07) is 7.63. The highest BCUT2D eigenvalue weighted by Crippen LogP contribution is 2.26. The maximum absolute atomic E-state index is 13.5. The van der Waals surface area contributed by atoms with Gasteiger partial charge in [0.15, 0.2) is 0 Å². The third-order valence-corrected chi connectivity index (χ3v) is 3.52. The molecule has 2 rings (SSSR count). The Balaban J connectivity index is 1.95. The van der Waals surface area contributed by atoms with Crippen molar-refractivity contribution in [2.45, 2.75) is 57.7 Å². The summed E-state index contributed by atoms with van der Waals surface area (Å²) in [5, 5.41) is 12.7. The molecule has 3 nitrogen and oxygen atoms in total. The Hall–Kier alpha value is -1.60. The van der Waals surface area contributed by atoms with Crippen LogP contribution in [0.4, 0.5) is 4.39 Å². The molecule has 0 aliphatic heterocycles. The Kier molecular flexibility index (Phi) is 4.29. The van der Waals surface area contributed by atoms with E-state index in [4.69, 9.17) is 4.74 Å². The van der Waals surface area contributed by atoms with Crippen molar-refractivity contribution < 1.29 is 9.13 Å². The number of benzene rings is 1. The monoisotopic (exact) mass is 276 g/mol. The number of ether oxygens (including phenoxy) is 1. The molecule has 0 radical (unpaired) electrons. The molecular formula is C16H21FN2O. The molecule has 0 amide bonds. The average Bonchev–Trinajstić information content (AvgIpc) is 3.17. The molecule has 1 aromatic carbocycles. The van der Waals surface area contributed by atoms with Crippen molar-refractivity contribution in [3.05, 3.63) is 29.6 Å². The molecule has 0 heterocycles. The fourth-order valence-electron chi connectivity index (χ4n) is 2.31. The van der Waals surface area contributed by atoms with Gasteiger partial charge in [-0.3, -0.25) is 5.32 Å². The summed E-state index contributed by atoms with van der Waals surface area (Å²) in [7, 11) is 0. The lowest BCUT2D eigenvalue weighted by atomic mass is 9.96. The fraction of sp³-hybridized carbons (Fsp3) is 0.562. The zero-order valence-corrected chi connectivity index (χ0v) is 12.2. The van der Waals surface area contributed by atoms with Gasteiger partial charge in [0.05, 0.1) is 12.2 Å². The van der Waals surface area contributed by atoms with Crippen LogP contribution in [0.15, 0.2) is 18.2 Å². The van der Waals surface area contributed by atoms with E-state index in [1.54, 1.807) is 19.1 Å². The maximum Gasteiger partial charge on any atom is 0.129 e. The number of nitriles is 1. The van der Waals surface area contributed by atoms with Crippen LogP contribution in [-0.2, 0) is 0 Å². The number of halogens is 1. The Morgan fingerprint density at radius 3 is 2.80 bits per heavy atom. The van der Waals surface area contributed by atoms with Crippen molar-refractivity contribution in [3.63, 3.8) is 0 Å². The molecule has 0 aromatic heterocycles. The molecule has 1 N–H and O–H groups in total. The second-order valence-corrected chi connectivity index (χ2v) is 5.91. The van der Waals surface area contributed by atoms with Gasteiger partial charge in [-0.05, 0) is 45.2 Å². The molecule has 0 saturated heterocycles. The average molecular weight is 276 g/mol. The van der Waals surface area contributed by atoms with E-state index in [2.05, 4.69) is 11.4 Å². The first-order chi connectivity index (χ1) is 9.42. The van der Waals surface area contributed by atoms with Gasteiger partial charge < -0.3 is 4.74 Å². The first-order valence-electron chi connectivity index (χ1n) is 7.03. The van der Waals surface area contributed by atoms with Crippen LogP contribution in [0.5, 0.6) is 5.75 Å². The molecule has 2 atom stereocenters. The van der Waals surface area contributed by atoms with Crippen LogP contribution in [-0.4, -0.2) is 17.7 Å². The molecule has 20 heavy (non-hydrogen) atoms. The molecular weight excluding hydrogens is 255 g/mol. The lowest BCUT2D eigenvalue weighted by Gasteiger charge is -2.27. The summed E-state index contributed by atoms with van der Waals surface area (Å²) >= 11 is 0. The third kappa shape index (κ3) is 3.94. The molecule has 1 fully saturated rings. The van der Waals surface area contributed by atoms with Crippen LogP contribution < -0.4 is 10.1 Å². The predicted octanol–water partition coefficient (Wildman–Crippen LogP) is 3.33. The smallest absolute Gasteiger partial charge is 0.129 e. The number of hydrogen-bond donors (Lipinski definition) is 1. The van der Waals surface area contributed by atoms with Crippen molar-refractivity contribution in [2.75, 3.05) is 0 Å². The van der Waals surface area contributed by atoms with E-state index in [1.807, 2.05) is 13.8 Å². The standard InChI is InChI=1S/C16H21FN2O/c1-11-4-7-14(8-15(11)17)20-12(2)9-16(3,10-18)19-13-5-6-13/h4,7-8,12-13,19H,5-6,9H2,1-3H3. The lowest BCUT2D eigenvalue weighted by molar-refractivity contribution is 0.178.